The first kappa shape index (κ1) is 19.7. The van der Waals surface area contributed by atoms with Gasteiger partial charge in [0.25, 0.3) is 0 Å². The number of hydrogen-bond donors (Lipinski definition) is 4. The monoisotopic (exact) mass is 385 g/mol. The van der Waals surface area contributed by atoms with Crippen LogP contribution in [0.2, 0.25) is 0 Å². The highest BCUT2D eigenvalue weighted by atomic mass is 32.2. The van der Waals surface area contributed by atoms with Crippen LogP contribution in [-0.2, 0) is 10.0 Å². The maximum atomic E-state index is 12.2. The standard InChI is InChI=1S/C15H19N3O7S/c1-5-6-17(26(4,23)24)9-7-10(25-3)13-11(14(9)18(21)22)8(2)12(16-13)15(19)20/h5,7,16,18,21H,1,6H2,2-4H3,(H,19,20). The number of nitrogens with one attached hydrogen (secondary N) is 2. The van der Waals surface area contributed by atoms with Crippen LogP contribution >= 0.6 is 0 Å². The number of carboxylic acid groups (broad SMARTS) is 1. The third kappa shape index (κ3) is 3.24. The maximum absolute atomic E-state index is 12.2. The minimum atomic E-state index is -3.84. The van der Waals surface area contributed by atoms with Crippen molar-refractivity contribution < 1.29 is 33.5 Å². The van der Waals surface area contributed by atoms with Crippen LogP contribution in [0.5, 0.6) is 5.75 Å². The van der Waals surface area contributed by atoms with Crippen LogP contribution in [-0.4, -0.2) is 49.6 Å². The quantitative estimate of drug-likeness (QED) is 0.401. The molecule has 0 aliphatic carbocycles. The van der Waals surface area contributed by atoms with Gasteiger partial charge in [0, 0.05) is 6.07 Å². The van der Waals surface area contributed by atoms with Gasteiger partial charge in [0.05, 0.1) is 30.8 Å². The lowest BCUT2D eigenvalue weighted by Crippen LogP contribution is -2.99. The van der Waals surface area contributed by atoms with Gasteiger partial charge in [-0.3, -0.25) is 4.31 Å². The molecule has 1 aromatic heterocycles. The smallest absolute Gasteiger partial charge is 0.352 e. The molecule has 2 aromatic rings. The zero-order valence-electron chi connectivity index (χ0n) is 14.4. The van der Waals surface area contributed by atoms with E-state index in [1.165, 1.54) is 26.2 Å². The molecule has 0 saturated heterocycles. The number of carboxylic acids is 1. The van der Waals surface area contributed by atoms with E-state index >= 15 is 0 Å². The minimum absolute atomic E-state index is 0.0713. The molecule has 10 nitrogen and oxygen atoms in total. The zero-order chi connectivity index (χ0) is 19.8. The second kappa shape index (κ2) is 6.96. The first-order chi connectivity index (χ1) is 12.0. The van der Waals surface area contributed by atoms with E-state index in [9.17, 15) is 28.7 Å². The summed E-state index contributed by atoms with van der Waals surface area (Å²) in [7, 11) is -2.52. The van der Waals surface area contributed by atoms with Gasteiger partial charge in [-0.15, -0.1) is 6.58 Å². The molecular weight excluding hydrogens is 366 g/mol. The number of carbonyl (C=O) groups is 1. The summed E-state index contributed by atoms with van der Waals surface area (Å²) in [5, 5.41) is 29.7. The second-order valence-corrected chi connectivity index (χ2v) is 7.45. The van der Waals surface area contributed by atoms with Gasteiger partial charge in [0.15, 0.2) is 5.69 Å². The summed E-state index contributed by atoms with van der Waals surface area (Å²) in [5.74, 6) is -1.15. The van der Waals surface area contributed by atoms with Gasteiger partial charge in [-0.1, -0.05) is 6.08 Å². The number of hydrogen-bond acceptors (Lipinski definition) is 6. The number of nitrogens with zero attached hydrogens (tertiary/aromatic N) is 1. The Morgan fingerprint density at radius 1 is 1.54 bits per heavy atom. The lowest BCUT2D eigenvalue weighted by Gasteiger charge is -2.26. The molecule has 1 unspecified atom stereocenters. The van der Waals surface area contributed by atoms with Crippen molar-refractivity contribution in [3.63, 3.8) is 0 Å². The summed E-state index contributed by atoms with van der Waals surface area (Å²) in [6.07, 6.45) is 2.25. The predicted octanol–water partition coefficient (Wildman–Crippen LogP) is 0.539. The fourth-order valence-electron chi connectivity index (χ4n) is 2.81. The van der Waals surface area contributed by atoms with Gasteiger partial charge >= 0.3 is 5.97 Å². The molecule has 0 aliphatic heterocycles. The molecule has 0 aliphatic rings. The molecule has 0 saturated carbocycles. The highest BCUT2D eigenvalue weighted by Crippen LogP contribution is 2.41. The van der Waals surface area contributed by atoms with E-state index in [2.05, 4.69) is 11.6 Å². The predicted molar refractivity (Wildman–Crippen MR) is 94.7 cm³/mol. The minimum Gasteiger partial charge on any atom is -0.595 e. The van der Waals surface area contributed by atoms with Crippen LogP contribution in [0.1, 0.15) is 16.1 Å². The summed E-state index contributed by atoms with van der Waals surface area (Å²) in [6.45, 7) is 4.77. The van der Waals surface area contributed by atoms with Crippen molar-refractivity contribution in [3.05, 3.63) is 35.2 Å². The molecule has 1 heterocycles. The molecule has 2 rings (SSSR count). The van der Waals surface area contributed by atoms with Crippen molar-refractivity contribution in [2.24, 2.45) is 0 Å². The van der Waals surface area contributed by atoms with Crippen LogP contribution in [0.3, 0.4) is 0 Å². The number of aromatic carboxylic acids is 1. The number of rotatable bonds is 7. The Kier molecular flexibility index (Phi) is 5.28. The van der Waals surface area contributed by atoms with E-state index in [0.717, 1.165) is 10.6 Å². The van der Waals surface area contributed by atoms with Crippen molar-refractivity contribution in [1.82, 2.24) is 4.98 Å². The number of aryl methyl sites for hydroxylation is 1. The Labute approximate surface area is 149 Å². The topological polar surface area (TPSA) is 147 Å². The molecule has 0 fully saturated rings. The maximum Gasteiger partial charge on any atom is 0.352 e. The van der Waals surface area contributed by atoms with E-state index in [-0.39, 0.29) is 45.8 Å². The summed E-state index contributed by atoms with van der Waals surface area (Å²) >= 11 is 0. The van der Waals surface area contributed by atoms with E-state index < -0.39 is 21.2 Å². The average molecular weight is 385 g/mol. The van der Waals surface area contributed by atoms with E-state index in [1.54, 1.807) is 0 Å². The van der Waals surface area contributed by atoms with Crippen LogP contribution in [0.4, 0.5) is 11.4 Å². The number of anilines is 1. The first-order valence-corrected chi connectivity index (χ1v) is 9.17. The summed E-state index contributed by atoms with van der Waals surface area (Å²) in [5.41, 5.74) is -0.349. The molecule has 11 heteroatoms. The Hall–Kier alpha value is -2.60. The number of benzene rings is 1. The lowest BCUT2D eigenvalue weighted by molar-refractivity contribution is -0.990. The number of methoxy groups -OCH3 is 1. The number of fused-ring (bicyclic) bond motifs is 1. The highest BCUT2D eigenvalue weighted by molar-refractivity contribution is 7.92. The molecule has 0 amide bonds. The van der Waals surface area contributed by atoms with E-state index in [4.69, 9.17) is 4.74 Å². The fraction of sp³-hybridized carbons (Fsp3) is 0.267. The van der Waals surface area contributed by atoms with Gasteiger partial charge < -0.3 is 20.0 Å². The average Bonchev–Trinajstić information content (AvgIpc) is 2.87. The van der Waals surface area contributed by atoms with Gasteiger partial charge in [0.1, 0.15) is 17.1 Å². The number of aromatic amines is 1. The highest BCUT2D eigenvalue weighted by Gasteiger charge is 2.30. The molecule has 1 atom stereocenters. The van der Waals surface area contributed by atoms with Crippen LogP contribution < -0.4 is 14.3 Å². The van der Waals surface area contributed by atoms with Gasteiger partial charge in [-0.25, -0.2) is 18.4 Å². The number of quaternary nitrogens is 1. The number of sulfonamides is 1. The largest absolute Gasteiger partial charge is 0.595 e. The number of aromatic nitrogens is 1. The second-order valence-electron chi connectivity index (χ2n) is 5.54. The summed E-state index contributed by atoms with van der Waals surface area (Å²) in [4.78, 5) is 14.1. The van der Waals surface area contributed by atoms with E-state index in [0.29, 0.717) is 0 Å². The van der Waals surface area contributed by atoms with Gasteiger partial charge in [-0.05, 0) is 12.5 Å². The Morgan fingerprint density at radius 3 is 2.58 bits per heavy atom. The summed E-state index contributed by atoms with van der Waals surface area (Å²) < 4.78 is 30.4. The first-order valence-electron chi connectivity index (χ1n) is 7.33. The van der Waals surface area contributed by atoms with Gasteiger partial charge in [0.2, 0.25) is 10.0 Å². The van der Waals surface area contributed by atoms with Gasteiger partial charge in [-0.2, -0.15) is 5.23 Å². The van der Waals surface area contributed by atoms with Crippen molar-refractivity contribution in [1.29, 1.82) is 0 Å². The summed E-state index contributed by atoms with van der Waals surface area (Å²) in [6, 6.07) is 1.25. The third-order valence-corrected chi connectivity index (χ3v) is 5.03. The third-order valence-electron chi connectivity index (χ3n) is 3.88. The van der Waals surface area contributed by atoms with Crippen LogP contribution in [0.25, 0.3) is 10.9 Å². The fourth-order valence-corrected chi connectivity index (χ4v) is 3.68. The number of H-pyrrole nitrogens is 1. The molecular formula is C15H19N3O7S. The van der Waals surface area contributed by atoms with Crippen molar-refractivity contribution in [2.75, 3.05) is 24.2 Å². The SMILES string of the molecule is C=CCN(c1cc(OC)c2[nH]c(C(=O)O)c(C)c2c1[NH+]([O-])O)S(C)(=O)=O. The molecule has 0 bridgehead atoms. The van der Waals surface area contributed by atoms with Crippen molar-refractivity contribution in [2.45, 2.75) is 6.92 Å². The normalized spacial score (nSPS) is 12.8. The molecule has 4 N–H and O–H groups in total. The molecule has 26 heavy (non-hydrogen) atoms. The Bertz CT molecular complexity index is 979. The van der Waals surface area contributed by atoms with Crippen molar-refractivity contribution >= 4 is 38.3 Å². The Balaban J connectivity index is 3.04. The molecule has 1 aromatic carbocycles. The molecule has 0 spiro atoms. The molecule has 0 radical (unpaired) electrons. The van der Waals surface area contributed by atoms with Crippen molar-refractivity contribution in [3.8, 4) is 5.75 Å². The van der Waals surface area contributed by atoms with E-state index in [1.807, 2.05) is 0 Å². The lowest BCUT2D eigenvalue weighted by atomic mass is 10.1. The zero-order valence-corrected chi connectivity index (χ0v) is 15.2. The van der Waals surface area contributed by atoms with Crippen LogP contribution in [0.15, 0.2) is 18.7 Å². The number of ether oxygens (including phenoxy) is 1. The molecule has 142 valence electrons. The Morgan fingerprint density at radius 2 is 2.15 bits per heavy atom. The van der Waals surface area contributed by atoms with Crippen LogP contribution in [0, 0.1) is 12.1 Å².